The van der Waals surface area contributed by atoms with E-state index in [0.29, 0.717) is 17.5 Å². The maximum absolute atomic E-state index is 5.02. The number of hydrogen-bond donors (Lipinski definition) is 0. The molecule has 0 saturated carbocycles. The lowest BCUT2D eigenvalue weighted by Gasteiger charge is -2.19. The molecule has 2 aromatic heterocycles. The molecule has 2 heterocycles. The number of hydrogen-bond acceptors (Lipinski definition) is 3. The molecule has 0 aliphatic rings. The Hall–Kier alpha value is -5.35. The highest BCUT2D eigenvalue weighted by molar-refractivity contribution is 6.12. The zero-order valence-electron chi connectivity index (χ0n) is 28.0. The molecule has 0 radical (unpaired) electrons. The van der Waals surface area contributed by atoms with Crippen LogP contribution in [0.15, 0.2) is 122 Å². The lowest BCUT2D eigenvalue weighted by molar-refractivity contribution is 0.590. The summed E-state index contributed by atoms with van der Waals surface area (Å²) in [6.45, 7) is 17.4. The van der Waals surface area contributed by atoms with E-state index in [1.807, 2.05) is 6.08 Å². The van der Waals surface area contributed by atoms with Crippen molar-refractivity contribution in [2.45, 2.75) is 52.4 Å². The van der Waals surface area contributed by atoms with Gasteiger partial charge in [0.05, 0.1) is 11.0 Å². The Morgan fingerprint density at radius 1 is 0.511 bits per heavy atom. The summed E-state index contributed by atoms with van der Waals surface area (Å²) in [6, 6.07) is 40.7. The number of benzene rings is 5. The lowest BCUT2D eigenvalue weighted by Crippen LogP contribution is -2.10. The first-order chi connectivity index (χ1) is 22.5. The van der Waals surface area contributed by atoms with Crippen molar-refractivity contribution >= 4 is 27.9 Å². The normalized spacial score (nSPS) is 12.1. The number of fused-ring (bicyclic) bond motifs is 3. The van der Waals surface area contributed by atoms with Gasteiger partial charge in [-0.15, -0.1) is 0 Å². The van der Waals surface area contributed by atoms with Gasteiger partial charge in [-0.3, -0.25) is 0 Å². The molecule has 0 saturated heterocycles. The van der Waals surface area contributed by atoms with Gasteiger partial charge in [-0.2, -0.15) is 0 Å². The van der Waals surface area contributed by atoms with Gasteiger partial charge in [-0.25, -0.2) is 15.0 Å². The van der Waals surface area contributed by atoms with Gasteiger partial charge >= 0.3 is 0 Å². The highest BCUT2D eigenvalue weighted by atomic mass is 15.0. The molecule has 0 aliphatic heterocycles. The smallest absolute Gasteiger partial charge is 0.164 e. The van der Waals surface area contributed by atoms with E-state index in [9.17, 15) is 0 Å². The first-order valence-electron chi connectivity index (χ1n) is 16.2. The molecular weight excluding hydrogens is 573 g/mol. The average Bonchev–Trinajstić information content (AvgIpc) is 3.42. The van der Waals surface area contributed by atoms with Crippen LogP contribution in [0.1, 0.15) is 58.2 Å². The van der Waals surface area contributed by atoms with Crippen LogP contribution >= 0.6 is 0 Å². The molecule has 5 aromatic carbocycles. The standard InChI is InChI=1S/C43H40N4/c1-8-28-12-11-15-37-38(28)35-13-9-10-14-36(35)47(37)34-26-20-31(21-27-34)41-45-39(29-16-22-32(23-17-29)42(2,3)4)44-40(46-41)30-18-24-33(25-19-30)43(5,6)7/h8-27H,1H2,2-7H3. The summed E-state index contributed by atoms with van der Waals surface area (Å²) in [5.41, 5.74) is 10.1. The summed E-state index contributed by atoms with van der Waals surface area (Å²) < 4.78 is 2.32. The number of para-hydroxylation sites is 1. The molecule has 0 amide bonds. The monoisotopic (exact) mass is 612 g/mol. The van der Waals surface area contributed by atoms with Gasteiger partial charge in [0.25, 0.3) is 0 Å². The van der Waals surface area contributed by atoms with E-state index in [2.05, 4.69) is 168 Å². The minimum atomic E-state index is 0.0636. The number of nitrogens with zero attached hydrogens (tertiary/aromatic N) is 4. The summed E-state index contributed by atoms with van der Waals surface area (Å²) >= 11 is 0. The second-order valence-corrected chi connectivity index (χ2v) is 14.3. The predicted molar refractivity (Wildman–Crippen MR) is 198 cm³/mol. The van der Waals surface area contributed by atoms with E-state index < -0.39 is 0 Å². The van der Waals surface area contributed by atoms with Crippen LogP contribution in [0.5, 0.6) is 0 Å². The highest BCUT2D eigenvalue weighted by Gasteiger charge is 2.18. The van der Waals surface area contributed by atoms with Crippen molar-refractivity contribution in [3.63, 3.8) is 0 Å². The SMILES string of the molecule is C=Cc1cccc2c1c1ccccc1n2-c1ccc(-c2nc(-c3ccc(C(C)(C)C)cc3)nc(-c3ccc(C(C)(C)C)cc3)n2)cc1. The Bertz CT molecular complexity index is 2170. The Kier molecular flexibility index (Phi) is 7.40. The molecule has 0 aliphatic carbocycles. The van der Waals surface area contributed by atoms with Crippen molar-refractivity contribution in [1.29, 1.82) is 0 Å². The van der Waals surface area contributed by atoms with Crippen molar-refractivity contribution < 1.29 is 0 Å². The molecule has 232 valence electrons. The Morgan fingerprint density at radius 3 is 1.43 bits per heavy atom. The van der Waals surface area contributed by atoms with Gasteiger partial charge in [0.1, 0.15) is 0 Å². The molecule has 0 spiro atoms. The van der Waals surface area contributed by atoms with Crippen LogP contribution in [0.25, 0.3) is 67.7 Å². The fourth-order valence-corrected chi connectivity index (χ4v) is 6.26. The zero-order chi connectivity index (χ0) is 32.9. The van der Waals surface area contributed by atoms with Crippen LogP contribution in [-0.2, 0) is 10.8 Å². The lowest BCUT2D eigenvalue weighted by atomic mass is 9.86. The third-order valence-electron chi connectivity index (χ3n) is 8.99. The van der Waals surface area contributed by atoms with Crippen LogP contribution in [0.2, 0.25) is 0 Å². The molecule has 0 N–H and O–H groups in total. The predicted octanol–water partition coefficient (Wildman–Crippen LogP) is 11.2. The van der Waals surface area contributed by atoms with E-state index in [-0.39, 0.29) is 10.8 Å². The van der Waals surface area contributed by atoms with Crippen LogP contribution in [0.4, 0.5) is 0 Å². The Labute approximate surface area is 277 Å². The minimum absolute atomic E-state index is 0.0636. The maximum Gasteiger partial charge on any atom is 0.164 e. The summed E-state index contributed by atoms with van der Waals surface area (Å²) in [5.74, 6) is 1.97. The van der Waals surface area contributed by atoms with Crippen LogP contribution in [0, 0.1) is 0 Å². The van der Waals surface area contributed by atoms with Gasteiger partial charge in [0.15, 0.2) is 17.5 Å². The molecule has 0 bridgehead atoms. The largest absolute Gasteiger partial charge is 0.309 e. The molecule has 0 atom stereocenters. The molecule has 0 fully saturated rings. The van der Waals surface area contributed by atoms with Crippen LogP contribution in [-0.4, -0.2) is 19.5 Å². The summed E-state index contributed by atoms with van der Waals surface area (Å²) in [4.78, 5) is 15.0. The summed E-state index contributed by atoms with van der Waals surface area (Å²) in [7, 11) is 0. The first kappa shape index (κ1) is 30.3. The fourth-order valence-electron chi connectivity index (χ4n) is 6.26. The van der Waals surface area contributed by atoms with E-state index in [1.165, 1.54) is 21.9 Å². The zero-order valence-corrected chi connectivity index (χ0v) is 28.0. The molecule has 7 aromatic rings. The molecule has 47 heavy (non-hydrogen) atoms. The van der Waals surface area contributed by atoms with Gasteiger partial charge in [-0.1, -0.05) is 133 Å². The van der Waals surface area contributed by atoms with Crippen molar-refractivity contribution in [3.8, 4) is 39.9 Å². The van der Waals surface area contributed by atoms with Crippen LogP contribution in [0.3, 0.4) is 0 Å². The summed E-state index contributed by atoms with van der Waals surface area (Å²) in [5, 5.41) is 2.42. The van der Waals surface area contributed by atoms with Crippen molar-refractivity contribution in [3.05, 3.63) is 139 Å². The van der Waals surface area contributed by atoms with E-state index in [0.717, 1.165) is 39.0 Å². The topological polar surface area (TPSA) is 43.6 Å². The fraction of sp³-hybridized carbons (Fsp3) is 0.186. The maximum atomic E-state index is 5.02. The minimum Gasteiger partial charge on any atom is -0.309 e. The Balaban J connectivity index is 1.35. The van der Waals surface area contributed by atoms with Crippen molar-refractivity contribution in [2.24, 2.45) is 0 Å². The number of aromatic nitrogens is 4. The van der Waals surface area contributed by atoms with E-state index >= 15 is 0 Å². The van der Waals surface area contributed by atoms with E-state index in [1.54, 1.807) is 0 Å². The molecular formula is C43H40N4. The van der Waals surface area contributed by atoms with Crippen LogP contribution < -0.4 is 0 Å². The third kappa shape index (κ3) is 5.65. The van der Waals surface area contributed by atoms with Crippen molar-refractivity contribution in [2.75, 3.05) is 0 Å². The molecule has 0 unspecified atom stereocenters. The van der Waals surface area contributed by atoms with Crippen molar-refractivity contribution in [1.82, 2.24) is 19.5 Å². The number of rotatable bonds is 5. The van der Waals surface area contributed by atoms with E-state index in [4.69, 9.17) is 15.0 Å². The summed E-state index contributed by atoms with van der Waals surface area (Å²) in [6.07, 6.45) is 1.94. The highest BCUT2D eigenvalue weighted by Crippen LogP contribution is 2.35. The van der Waals surface area contributed by atoms with Gasteiger partial charge in [0, 0.05) is 33.2 Å². The third-order valence-corrected chi connectivity index (χ3v) is 8.99. The van der Waals surface area contributed by atoms with Gasteiger partial charge < -0.3 is 4.57 Å². The second kappa shape index (κ2) is 11.5. The molecule has 7 rings (SSSR count). The van der Waals surface area contributed by atoms with Gasteiger partial charge in [-0.05, 0) is 63.9 Å². The quantitative estimate of drug-likeness (QED) is 0.194. The van der Waals surface area contributed by atoms with Gasteiger partial charge in [0.2, 0.25) is 0 Å². The average molecular weight is 613 g/mol. The molecule has 4 heteroatoms. The Morgan fingerprint density at radius 2 is 0.957 bits per heavy atom. The first-order valence-corrected chi connectivity index (χ1v) is 16.2. The molecule has 4 nitrogen and oxygen atoms in total. The second-order valence-electron chi connectivity index (χ2n) is 14.3.